The van der Waals surface area contributed by atoms with Crippen LogP contribution in [0.2, 0.25) is 5.02 Å². The van der Waals surface area contributed by atoms with Gasteiger partial charge in [-0.15, -0.1) is 0 Å². The molecule has 0 aliphatic carbocycles. The maximum Gasteiger partial charge on any atom is 0.271 e. The molecule has 36 heavy (non-hydrogen) atoms. The Morgan fingerprint density at radius 3 is 2.47 bits per heavy atom. The molecule has 0 atom stereocenters. The molecule has 190 valence electrons. The first kappa shape index (κ1) is 27.6. The SMILES string of the molecule is CCCOc1ccc(C(=O)N/N=C/c2cc(I)c(OCc3ccc(Cl)cc3)c(OCC)c2)cc1OC. The Morgan fingerprint density at radius 1 is 1.00 bits per heavy atom. The van der Waals surface area contributed by atoms with E-state index >= 15 is 0 Å². The molecule has 7 nitrogen and oxygen atoms in total. The van der Waals surface area contributed by atoms with Gasteiger partial charge in [-0.2, -0.15) is 5.10 Å². The van der Waals surface area contributed by atoms with Crippen LogP contribution in [0.25, 0.3) is 0 Å². The minimum atomic E-state index is -0.366. The molecule has 0 saturated carbocycles. The van der Waals surface area contributed by atoms with Gasteiger partial charge in [0.05, 0.1) is 30.1 Å². The molecular weight excluding hydrogens is 595 g/mol. The fraction of sp³-hybridized carbons (Fsp3) is 0.259. The van der Waals surface area contributed by atoms with E-state index < -0.39 is 0 Å². The van der Waals surface area contributed by atoms with E-state index in [0.717, 1.165) is 21.1 Å². The first-order valence-corrected chi connectivity index (χ1v) is 12.9. The summed E-state index contributed by atoms with van der Waals surface area (Å²) in [6.45, 7) is 5.35. The number of carbonyl (C=O) groups is 1. The number of methoxy groups -OCH3 is 1. The predicted octanol–water partition coefficient (Wildman–Crippen LogP) is 6.48. The summed E-state index contributed by atoms with van der Waals surface area (Å²) >= 11 is 8.15. The normalized spacial score (nSPS) is 10.8. The number of halogens is 2. The van der Waals surface area contributed by atoms with E-state index in [4.69, 9.17) is 30.5 Å². The van der Waals surface area contributed by atoms with Gasteiger partial charge in [0.15, 0.2) is 23.0 Å². The average molecular weight is 623 g/mol. The van der Waals surface area contributed by atoms with Crippen LogP contribution >= 0.6 is 34.2 Å². The molecule has 0 saturated heterocycles. The number of nitrogens with zero attached hydrogens (tertiary/aromatic N) is 1. The van der Waals surface area contributed by atoms with E-state index in [1.165, 1.54) is 7.11 Å². The molecule has 3 aromatic carbocycles. The summed E-state index contributed by atoms with van der Waals surface area (Å²) in [4.78, 5) is 12.6. The lowest BCUT2D eigenvalue weighted by atomic mass is 10.2. The maximum atomic E-state index is 12.6. The van der Waals surface area contributed by atoms with Gasteiger partial charge in [0.2, 0.25) is 0 Å². The van der Waals surface area contributed by atoms with Crippen molar-refractivity contribution in [2.45, 2.75) is 26.9 Å². The lowest BCUT2D eigenvalue weighted by molar-refractivity contribution is 0.0954. The zero-order valence-corrected chi connectivity index (χ0v) is 23.3. The van der Waals surface area contributed by atoms with Crippen molar-refractivity contribution in [1.82, 2.24) is 5.43 Å². The van der Waals surface area contributed by atoms with Crippen molar-refractivity contribution in [2.24, 2.45) is 5.10 Å². The second-order valence-corrected chi connectivity index (χ2v) is 9.19. The van der Waals surface area contributed by atoms with Crippen molar-refractivity contribution in [3.8, 4) is 23.0 Å². The lowest BCUT2D eigenvalue weighted by Crippen LogP contribution is -2.17. The summed E-state index contributed by atoms with van der Waals surface area (Å²) in [5, 5.41) is 4.79. The van der Waals surface area contributed by atoms with Gasteiger partial charge < -0.3 is 18.9 Å². The minimum absolute atomic E-state index is 0.366. The second-order valence-electron chi connectivity index (χ2n) is 7.59. The highest BCUT2D eigenvalue weighted by Crippen LogP contribution is 2.34. The molecule has 0 bridgehead atoms. The Kier molecular flexibility index (Phi) is 10.7. The first-order chi connectivity index (χ1) is 17.4. The molecule has 3 rings (SSSR count). The number of ether oxygens (including phenoxy) is 4. The number of hydrogen-bond acceptors (Lipinski definition) is 6. The highest BCUT2D eigenvalue weighted by Gasteiger charge is 2.13. The number of hydrogen-bond donors (Lipinski definition) is 1. The van der Waals surface area contributed by atoms with E-state index in [-0.39, 0.29) is 5.91 Å². The summed E-state index contributed by atoms with van der Waals surface area (Å²) < 4.78 is 23.7. The largest absolute Gasteiger partial charge is 0.493 e. The number of nitrogens with one attached hydrogen (secondary N) is 1. The quantitative estimate of drug-likeness (QED) is 0.142. The van der Waals surface area contributed by atoms with Gasteiger partial charge >= 0.3 is 0 Å². The average Bonchev–Trinajstić information content (AvgIpc) is 2.88. The third kappa shape index (κ3) is 7.76. The van der Waals surface area contributed by atoms with Gasteiger partial charge in [0, 0.05) is 10.6 Å². The Morgan fingerprint density at radius 2 is 1.78 bits per heavy atom. The third-order valence-electron chi connectivity index (χ3n) is 4.90. The number of hydrazone groups is 1. The summed E-state index contributed by atoms with van der Waals surface area (Å²) in [7, 11) is 1.54. The molecule has 1 amide bonds. The maximum absolute atomic E-state index is 12.6. The highest BCUT2D eigenvalue weighted by molar-refractivity contribution is 14.1. The van der Waals surface area contributed by atoms with E-state index in [9.17, 15) is 4.79 Å². The molecule has 3 aromatic rings. The van der Waals surface area contributed by atoms with Crippen LogP contribution in [0.5, 0.6) is 23.0 Å². The molecule has 0 aliphatic rings. The Hall–Kier alpha value is -2.98. The van der Waals surface area contributed by atoms with Crippen LogP contribution in [-0.2, 0) is 6.61 Å². The Bertz CT molecular complexity index is 1200. The van der Waals surface area contributed by atoms with Gasteiger partial charge in [0.25, 0.3) is 5.91 Å². The molecule has 0 heterocycles. The van der Waals surface area contributed by atoms with Gasteiger partial charge in [-0.3, -0.25) is 4.79 Å². The minimum Gasteiger partial charge on any atom is -0.493 e. The molecule has 0 spiro atoms. The predicted molar refractivity (Wildman–Crippen MR) is 150 cm³/mol. The summed E-state index contributed by atoms with van der Waals surface area (Å²) in [6, 6.07) is 16.2. The van der Waals surface area contributed by atoms with Crippen LogP contribution in [0, 0.1) is 3.57 Å². The standard InChI is InChI=1S/C27H28ClIN2O5/c1-4-12-35-23-11-8-20(15-24(23)33-3)27(32)31-30-16-19-13-22(29)26(25(14-19)34-5-2)36-17-18-6-9-21(28)10-7-18/h6-11,13-16H,4-5,12,17H2,1-3H3,(H,31,32)/b30-16+. The molecule has 9 heteroatoms. The van der Waals surface area contributed by atoms with Gasteiger partial charge in [-0.25, -0.2) is 5.43 Å². The van der Waals surface area contributed by atoms with Crippen molar-refractivity contribution >= 4 is 46.3 Å². The topological polar surface area (TPSA) is 78.4 Å². The van der Waals surface area contributed by atoms with Crippen LogP contribution in [0.3, 0.4) is 0 Å². The molecule has 0 radical (unpaired) electrons. The highest BCUT2D eigenvalue weighted by atomic mass is 127. The molecule has 0 aliphatic heterocycles. The Balaban J connectivity index is 1.69. The third-order valence-corrected chi connectivity index (χ3v) is 5.95. The summed E-state index contributed by atoms with van der Waals surface area (Å²) in [5.41, 5.74) is 4.70. The fourth-order valence-corrected chi connectivity index (χ4v) is 4.08. The van der Waals surface area contributed by atoms with Gasteiger partial charge in [-0.1, -0.05) is 30.7 Å². The number of rotatable bonds is 12. The van der Waals surface area contributed by atoms with Crippen LogP contribution in [0.15, 0.2) is 59.7 Å². The smallest absolute Gasteiger partial charge is 0.271 e. The zero-order valence-electron chi connectivity index (χ0n) is 20.3. The van der Waals surface area contributed by atoms with Crippen LogP contribution in [-0.4, -0.2) is 32.4 Å². The Labute approximate surface area is 229 Å². The van der Waals surface area contributed by atoms with E-state index in [2.05, 4.69) is 33.1 Å². The second kappa shape index (κ2) is 13.9. The molecular formula is C27H28ClIN2O5. The molecule has 0 fully saturated rings. The van der Waals surface area contributed by atoms with Crippen LogP contribution in [0.4, 0.5) is 0 Å². The monoisotopic (exact) mass is 622 g/mol. The van der Waals surface area contributed by atoms with Crippen molar-refractivity contribution < 1.29 is 23.7 Å². The van der Waals surface area contributed by atoms with Crippen LogP contribution < -0.4 is 24.4 Å². The van der Waals surface area contributed by atoms with E-state index in [1.807, 2.05) is 50.2 Å². The van der Waals surface area contributed by atoms with E-state index in [0.29, 0.717) is 53.4 Å². The van der Waals surface area contributed by atoms with Crippen molar-refractivity contribution in [3.05, 3.63) is 79.9 Å². The van der Waals surface area contributed by atoms with Crippen molar-refractivity contribution in [2.75, 3.05) is 20.3 Å². The fourth-order valence-electron chi connectivity index (χ4n) is 3.17. The summed E-state index contributed by atoms with van der Waals surface area (Å²) in [6.07, 6.45) is 2.43. The number of benzene rings is 3. The first-order valence-electron chi connectivity index (χ1n) is 11.4. The van der Waals surface area contributed by atoms with Crippen LogP contribution in [0.1, 0.15) is 41.8 Å². The number of amides is 1. The lowest BCUT2D eigenvalue weighted by Gasteiger charge is -2.15. The van der Waals surface area contributed by atoms with Gasteiger partial charge in [-0.05, 0) is 89.5 Å². The molecule has 0 aromatic heterocycles. The number of carbonyl (C=O) groups excluding carboxylic acids is 1. The van der Waals surface area contributed by atoms with Gasteiger partial charge in [0.1, 0.15) is 6.61 Å². The summed E-state index contributed by atoms with van der Waals surface area (Å²) in [5.74, 6) is 1.96. The molecule has 1 N–H and O–H groups in total. The molecule has 0 unspecified atom stereocenters. The van der Waals surface area contributed by atoms with Crippen molar-refractivity contribution in [1.29, 1.82) is 0 Å². The zero-order chi connectivity index (χ0) is 25.9. The van der Waals surface area contributed by atoms with Crippen molar-refractivity contribution in [3.63, 3.8) is 0 Å². The van der Waals surface area contributed by atoms with E-state index in [1.54, 1.807) is 24.4 Å².